The van der Waals surface area contributed by atoms with Crippen molar-refractivity contribution in [2.75, 3.05) is 65.6 Å². The van der Waals surface area contributed by atoms with Crippen LogP contribution < -0.4 is 9.47 Å². The largest absolute Gasteiger partial charge is 0.494 e. The summed E-state index contributed by atoms with van der Waals surface area (Å²) in [5, 5.41) is 11.1. The van der Waals surface area contributed by atoms with Crippen LogP contribution in [0.3, 0.4) is 0 Å². The van der Waals surface area contributed by atoms with Gasteiger partial charge in [0.1, 0.15) is 17.1 Å². The van der Waals surface area contributed by atoms with Crippen LogP contribution in [0.4, 0.5) is 4.79 Å². The van der Waals surface area contributed by atoms with Gasteiger partial charge in [-0.15, -0.1) is 0 Å². The van der Waals surface area contributed by atoms with Crippen LogP contribution >= 0.6 is 22.6 Å². The van der Waals surface area contributed by atoms with Crippen LogP contribution in [-0.4, -0.2) is 97.1 Å². The number of amides is 1. The van der Waals surface area contributed by atoms with E-state index < -0.39 is 11.2 Å². The molecule has 3 aliphatic rings. The van der Waals surface area contributed by atoms with Crippen molar-refractivity contribution in [2.45, 2.75) is 111 Å². The quantitative estimate of drug-likeness (QED) is 0.179. The van der Waals surface area contributed by atoms with E-state index in [-0.39, 0.29) is 6.09 Å². The number of hydrogen-bond donors (Lipinski definition) is 1. The minimum absolute atomic E-state index is 0.309. The molecule has 1 amide bonds. The Morgan fingerprint density at radius 3 is 1.61 bits per heavy atom. The molecule has 0 unspecified atom stereocenters. The van der Waals surface area contributed by atoms with Crippen LogP contribution in [-0.2, 0) is 10.3 Å². The zero-order valence-electron chi connectivity index (χ0n) is 32.6. The molecule has 3 heterocycles. The predicted octanol–water partition coefficient (Wildman–Crippen LogP) is 8.98. The standard InChI is InChI=1S/C26H42N2O4.C16H24INO/c1-24(2,3)32-23(29)28-17-13-26(30,14-18-28)21-8-10-22(11-9-21)31-19-7-16-27-15-6-12-25(4,5)20-27;1-16(2)9-3-10-18(13-16)11-4-12-19-15-7-5-14(17)6-8-15/h8-11,30H,6-7,12-20H2,1-5H3;5-8H,3-4,9-13H2,1-2H3. The lowest BCUT2D eigenvalue weighted by Crippen LogP contribution is -2.46. The molecule has 0 radical (unpaired) electrons. The second kappa shape index (κ2) is 18.8. The van der Waals surface area contributed by atoms with Gasteiger partial charge in [-0.3, -0.25) is 0 Å². The average molecular weight is 820 g/mol. The highest BCUT2D eigenvalue weighted by molar-refractivity contribution is 14.1. The molecule has 3 aliphatic heterocycles. The van der Waals surface area contributed by atoms with E-state index in [1.807, 2.05) is 57.2 Å². The number of aliphatic hydroxyl groups is 1. The normalized spacial score (nSPS) is 20.5. The van der Waals surface area contributed by atoms with Crippen LogP contribution in [0.2, 0.25) is 0 Å². The predicted molar refractivity (Wildman–Crippen MR) is 216 cm³/mol. The van der Waals surface area contributed by atoms with Gasteiger partial charge in [-0.05, 0) is 161 Å². The zero-order chi connectivity index (χ0) is 37.1. The number of likely N-dealkylation sites (tertiary alicyclic amines) is 3. The molecular formula is C42H66IN3O5. The monoisotopic (exact) mass is 819 g/mol. The van der Waals surface area contributed by atoms with Crippen LogP contribution in [0.15, 0.2) is 48.5 Å². The van der Waals surface area contributed by atoms with Gasteiger partial charge in [0.25, 0.3) is 0 Å². The number of benzene rings is 2. The Morgan fingerprint density at radius 1 is 0.725 bits per heavy atom. The molecule has 286 valence electrons. The summed E-state index contributed by atoms with van der Waals surface area (Å²) in [7, 11) is 0. The first kappa shape index (κ1) is 41.7. The summed E-state index contributed by atoms with van der Waals surface area (Å²) in [6, 6.07) is 16.1. The second-order valence-corrected chi connectivity index (χ2v) is 18.7. The van der Waals surface area contributed by atoms with Gasteiger partial charge in [-0.2, -0.15) is 0 Å². The van der Waals surface area contributed by atoms with Gasteiger partial charge in [-0.25, -0.2) is 4.79 Å². The van der Waals surface area contributed by atoms with Crippen molar-refractivity contribution in [1.82, 2.24) is 14.7 Å². The fraction of sp³-hybridized carbons (Fsp3) is 0.690. The molecule has 0 bridgehead atoms. The van der Waals surface area contributed by atoms with Crippen LogP contribution in [0.25, 0.3) is 0 Å². The van der Waals surface area contributed by atoms with E-state index in [1.165, 1.54) is 55.4 Å². The minimum Gasteiger partial charge on any atom is -0.494 e. The molecule has 3 saturated heterocycles. The molecule has 8 nitrogen and oxygen atoms in total. The van der Waals surface area contributed by atoms with Gasteiger partial charge in [0, 0.05) is 42.8 Å². The molecule has 5 rings (SSSR count). The molecule has 0 saturated carbocycles. The van der Waals surface area contributed by atoms with Crippen molar-refractivity contribution in [3.8, 4) is 11.5 Å². The highest BCUT2D eigenvalue weighted by atomic mass is 127. The fourth-order valence-corrected chi connectivity index (χ4v) is 7.85. The van der Waals surface area contributed by atoms with Crippen LogP contribution in [0, 0.1) is 14.4 Å². The summed E-state index contributed by atoms with van der Waals surface area (Å²) in [4.78, 5) is 19.1. The number of rotatable bonds is 11. The molecule has 0 atom stereocenters. The first-order valence-electron chi connectivity index (χ1n) is 19.3. The molecule has 0 spiro atoms. The molecule has 2 aromatic rings. The second-order valence-electron chi connectivity index (χ2n) is 17.5. The molecule has 2 aromatic carbocycles. The molecule has 9 heteroatoms. The Kier molecular flexibility index (Phi) is 15.4. The van der Waals surface area contributed by atoms with E-state index in [4.69, 9.17) is 14.2 Å². The highest BCUT2D eigenvalue weighted by Crippen LogP contribution is 2.34. The van der Waals surface area contributed by atoms with Gasteiger partial charge in [0.15, 0.2) is 0 Å². The third kappa shape index (κ3) is 14.7. The van der Waals surface area contributed by atoms with Crippen molar-refractivity contribution < 1.29 is 24.1 Å². The minimum atomic E-state index is -0.919. The van der Waals surface area contributed by atoms with E-state index in [2.05, 4.69) is 72.2 Å². The number of ether oxygens (including phenoxy) is 3. The molecular weight excluding hydrogens is 753 g/mol. The van der Waals surface area contributed by atoms with Crippen molar-refractivity contribution >= 4 is 28.7 Å². The first-order chi connectivity index (χ1) is 24.0. The van der Waals surface area contributed by atoms with E-state index in [9.17, 15) is 9.90 Å². The van der Waals surface area contributed by atoms with Gasteiger partial charge in [0.05, 0.1) is 18.8 Å². The van der Waals surface area contributed by atoms with Crippen LogP contribution in [0.1, 0.15) is 105 Å². The van der Waals surface area contributed by atoms with Crippen molar-refractivity contribution in [3.63, 3.8) is 0 Å². The lowest BCUT2D eigenvalue weighted by Gasteiger charge is -2.39. The summed E-state index contributed by atoms with van der Waals surface area (Å²) in [5.74, 6) is 1.82. The maximum Gasteiger partial charge on any atom is 0.410 e. The Balaban J connectivity index is 0.000000261. The Bertz CT molecular complexity index is 1330. The summed E-state index contributed by atoms with van der Waals surface area (Å²) in [6.45, 7) is 24.6. The number of nitrogens with zero attached hydrogens (tertiary/aromatic N) is 3. The lowest BCUT2D eigenvalue weighted by atomic mass is 9.84. The number of carbonyl (C=O) groups is 1. The van der Waals surface area contributed by atoms with Crippen molar-refractivity contribution in [3.05, 3.63) is 57.7 Å². The van der Waals surface area contributed by atoms with Gasteiger partial charge >= 0.3 is 6.09 Å². The van der Waals surface area contributed by atoms with E-state index >= 15 is 0 Å². The third-order valence-corrected chi connectivity index (χ3v) is 10.9. The van der Waals surface area contributed by atoms with E-state index in [1.54, 1.807) is 4.90 Å². The Morgan fingerprint density at radius 2 is 1.18 bits per heavy atom. The van der Waals surface area contributed by atoms with Gasteiger partial charge in [0.2, 0.25) is 0 Å². The molecule has 1 N–H and O–H groups in total. The maximum atomic E-state index is 12.3. The SMILES string of the molecule is CC1(C)CCCN(CCCOc2ccc(C3(O)CCN(C(=O)OC(C)(C)C)CC3)cc2)C1.CC1(C)CCCN(CCCOc2ccc(I)cc2)C1. The zero-order valence-corrected chi connectivity index (χ0v) is 34.8. The van der Waals surface area contributed by atoms with Crippen LogP contribution in [0.5, 0.6) is 11.5 Å². The topological polar surface area (TPSA) is 74.7 Å². The van der Waals surface area contributed by atoms with Gasteiger partial charge < -0.3 is 34.0 Å². The maximum absolute atomic E-state index is 12.3. The summed E-state index contributed by atoms with van der Waals surface area (Å²) in [5.41, 5.74) is 0.376. The van der Waals surface area contributed by atoms with E-state index in [0.29, 0.717) is 43.4 Å². The number of halogens is 1. The van der Waals surface area contributed by atoms with Crippen molar-refractivity contribution in [1.29, 1.82) is 0 Å². The number of carbonyl (C=O) groups excluding carboxylic acids is 1. The first-order valence-corrected chi connectivity index (χ1v) is 20.4. The number of piperidine rings is 3. The smallest absolute Gasteiger partial charge is 0.410 e. The fourth-order valence-electron chi connectivity index (χ4n) is 7.49. The summed E-state index contributed by atoms with van der Waals surface area (Å²) in [6.07, 6.45) is 8.12. The van der Waals surface area contributed by atoms with Crippen molar-refractivity contribution in [2.24, 2.45) is 10.8 Å². The third-order valence-electron chi connectivity index (χ3n) is 10.2. The Labute approximate surface area is 322 Å². The lowest BCUT2D eigenvalue weighted by molar-refractivity contribution is -0.0356. The van der Waals surface area contributed by atoms with Gasteiger partial charge in [-0.1, -0.05) is 39.8 Å². The van der Waals surface area contributed by atoms with E-state index in [0.717, 1.165) is 49.6 Å². The molecule has 51 heavy (non-hydrogen) atoms. The highest BCUT2D eigenvalue weighted by Gasteiger charge is 2.37. The molecule has 0 aliphatic carbocycles. The number of hydrogen-bond acceptors (Lipinski definition) is 7. The molecule has 0 aromatic heterocycles. The molecule has 3 fully saturated rings. The summed E-state index contributed by atoms with van der Waals surface area (Å²) >= 11 is 2.31. The Hall–Kier alpha value is -2.08. The average Bonchev–Trinajstić information content (AvgIpc) is 3.05. The summed E-state index contributed by atoms with van der Waals surface area (Å²) < 4.78 is 18.4.